The van der Waals surface area contributed by atoms with Gasteiger partial charge in [0.15, 0.2) is 0 Å². The van der Waals surface area contributed by atoms with Crippen molar-refractivity contribution in [2.75, 3.05) is 13.1 Å². The molecule has 0 N–H and O–H groups in total. The van der Waals surface area contributed by atoms with Crippen LogP contribution in [0.15, 0.2) is 29.2 Å². The van der Waals surface area contributed by atoms with E-state index in [1.54, 1.807) is 24.3 Å². The van der Waals surface area contributed by atoms with Crippen LogP contribution in [0.4, 0.5) is 0 Å². The van der Waals surface area contributed by atoms with Crippen molar-refractivity contribution in [3.63, 3.8) is 0 Å². The highest BCUT2D eigenvalue weighted by Crippen LogP contribution is 2.32. The van der Waals surface area contributed by atoms with Crippen LogP contribution in [0.5, 0.6) is 0 Å². The van der Waals surface area contributed by atoms with Crippen LogP contribution in [0.3, 0.4) is 0 Å². The van der Waals surface area contributed by atoms with E-state index in [0.717, 1.165) is 25.7 Å². The number of sulfonamides is 1. The standard InChI is InChI=1S/C25H38N2O4S/c1-19-17-26(18-20(2)31-19)32(29,30)24-15-13-21(14-16-24)25(28)27(22-9-5-3-6-10-22)23-11-7-4-8-12-23/h13-16,19-20,22-23H,3-12,17-18H2,1-2H3/t19-,20+. The van der Waals surface area contributed by atoms with E-state index in [2.05, 4.69) is 4.90 Å². The first-order valence-electron chi connectivity index (χ1n) is 12.4. The average molecular weight is 463 g/mol. The van der Waals surface area contributed by atoms with Crippen LogP contribution in [-0.2, 0) is 14.8 Å². The smallest absolute Gasteiger partial charge is 0.254 e. The second-order valence-electron chi connectivity index (χ2n) is 9.90. The molecule has 2 aliphatic carbocycles. The van der Waals surface area contributed by atoms with Crippen molar-refractivity contribution < 1.29 is 17.9 Å². The van der Waals surface area contributed by atoms with Crippen molar-refractivity contribution in [2.24, 2.45) is 0 Å². The summed E-state index contributed by atoms with van der Waals surface area (Å²) in [6.07, 6.45) is 11.4. The Hall–Kier alpha value is -1.44. The van der Waals surface area contributed by atoms with Gasteiger partial charge in [0, 0.05) is 30.7 Å². The predicted octanol–water partition coefficient (Wildman–Crippen LogP) is 4.59. The maximum Gasteiger partial charge on any atom is 0.254 e. The van der Waals surface area contributed by atoms with Crippen molar-refractivity contribution in [3.05, 3.63) is 29.8 Å². The Morgan fingerprint density at radius 2 is 1.31 bits per heavy atom. The minimum absolute atomic E-state index is 0.0707. The van der Waals surface area contributed by atoms with Gasteiger partial charge in [-0.25, -0.2) is 8.42 Å². The molecule has 2 atom stereocenters. The maximum absolute atomic E-state index is 13.6. The lowest BCUT2D eigenvalue weighted by Crippen LogP contribution is -2.49. The minimum Gasteiger partial charge on any atom is -0.373 e. The highest BCUT2D eigenvalue weighted by atomic mass is 32.2. The molecule has 178 valence electrons. The van der Waals surface area contributed by atoms with E-state index in [-0.39, 0.29) is 23.0 Å². The fraction of sp³-hybridized carbons (Fsp3) is 0.720. The zero-order valence-electron chi connectivity index (χ0n) is 19.5. The Morgan fingerprint density at radius 3 is 1.78 bits per heavy atom. The Morgan fingerprint density at radius 1 is 0.844 bits per heavy atom. The molecular formula is C25H38N2O4S. The quantitative estimate of drug-likeness (QED) is 0.642. The summed E-state index contributed by atoms with van der Waals surface area (Å²) in [5.74, 6) is 0.0707. The Kier molecular flexibility index (Phi) is 7.58. The molecule has 1 aromatic carbocycles. The van der Waals surface area contributed by atoms with Crippen molar-refractivity contribution >= 4 is 15.9 Å². The van der Waals surface area contributed by atoms with Gasteiger partial charge in [-0.15, -0.1) is 0 Å². The van der Waals surface area contributed by atoms with Crippen LogP contribution in [0.1, 0.15) is 88.4 Å². The van der Waals surface area contributed by atoms with E-state index >= 15 is 0 Å². The first-order valence-corrected chi connectivity index (χ1v) is 13.9. The summed E-state index contributed by atoms with van der Waals surface area (Å²) >= 11 is 0. The van der Waals surface area contributed by atoms with E-state index in [1.807, 2.05) is 13.8 Å². The topological polar surface area (TPSA) is 66.9 Å². The molecule has 1 aromatic rings. The summed E-state index contributed by atoms with van der Waals surface area (Å²) in [6.45, 7) is 4.49. The molecule has 0 unspecified atom stereocenters. The summed E-state index contributed by atoms with van der Waals surface area (Å²) in [5.41, 5.74) is 0.601. The maximum atomic E-state index is 13.6. The van der Waals surface area contributed by atoms with Crippen LogP contribution in [-0.4, -0.2) is 60.9 Å². The molecular weight excluding hydrogens is 424 g/mol. The number of nitrogens with zero attached hydrogens (tertiary/aromatic N) is 2. The monoisotopic (exact) mass is 462 g/mol. The van der Waals surface area contributed by atoms with Gasteiger partial charge in [-0.1, -0.05) is 38.5 Å². The molecule has 1 heterocycles. The van der Waals surface area contributed by atoms with E-state index < -0.39 is 10.0 Å². The largest absolute Gasteiger partial charge is 0.373 e. The summed E-state index contributed by atoms with van der Waals surface area (Å²) in [6, 6.07) is 7.27. The minimum atomic E-state index is -3.60. The van der Waals surface area contributed by atoms with Gasteiger partial charge in [0.2, 0.25) is 10.0 Å². The van der Waals surface area contributed by atoms with Crippen LogP contribution in [0.25, 0.3) is 0 Å². The number of hydrogen-bond donors (Lipinski definition) is 0. The number of rotatable bonds is 5. The second-order valence-corrected chi connectivity index (χ2v) is 11.8. The molecule has 2 saturated carbocycles. The third-order valence-corrected chi connectivity index (χ3v) is 9.14. The number of hydrogen-bond acceptors (Lipinski definition) is 4. The number of amides is 1. The highest BCUT2D eigenvalue weighted by molar-refractivity contribution is 7.89. The fourth-order valence-corrected chi connectivity index (χ4v) is 7.33. The molecule has 1 aliphatic heterocycles. The van der Waals surface area contributed by atoms with E-state index in [9.17, 15) is 13.2 Å². The zero-order chi connectivity index (χ0) is 22.7. The molecule has 3 fully saturated rings. The van der Waals surface area contributed by atoms with Crippen LogP contribution >= 0.6 is 0 Å². The van der Waals surface area contributed by atoms with Gasteiger partial charge in [0.25, 0.3) is 5.91 Å². The average Bonchev–Trinajstić information content (AvgIpc) is 2.80. The molecule has 3 aliphatic rings. The first kappa shape index (κ1) is 23.7. The molecule has 4 rings (SSSR count). The molecule has 0 spiro atoms. The SMILES string of the molecule is C[C@@H]1CN(S(=O)(=O)c2ccc(C(=O)N(C3CCCCC3)C3CCCCC3)cc2)C[C@H](C)O1. The van der Waals surface area contributed by atoms with Crippen molar-refractivity contribution in [2.45, 2.75) is 107 Å². The van der Waals surface area contributed by atoms with Gasteiger partial charge in [-0.05, 0) is 63.8 Å². The number of benzene rings is 1. The molecule has 1 saturated heterocycles. The first-order chi connectivity index (χ1) is 15.4. The van der Waals surface area contributed by atoms with Gasteiger partial charge < -0.3 is 9.64 Å². The van der Waals surface area contributed by atoms with Gasteiger partial charge >= 0.3 is 0 Å². The van der Waals surface area contributed by atoms with E-state index in [1.165, 1.54) is 42.8 Å². The van der Waals surface area contributed by atoms with Gasteiger partial charge in [0.1, 0.15) is 0 Å². The summed E-state index contributed by atoms with van der Waals surface area (Å²) in [5, 5.41) is 0. The second kappa shape index (κ2) is 10.2. The summed E-state index contributed by atoms with van der Waals surface area (Å²) in [4.78, 5) is 16.1. The Balaban J connectivity index is 1.54. The molecule has 0 bridgehead atoms. The van der Waals surface area contributed by atoms with E-state index in [0.29, 0.717) is 30.7 Å². The number of ether oxygens (including phenoxy) is 1. The number of carbonyl (C=O) groups is 1. The van der Waals surface area contributed by atoms with Crippen LogP contribution in [0, 0.1) is 0 Å². The fourth-order valence-electron chi connectivity index (χ4n) is 5.74. The lowest BCUT2D eigenvalue weighted by atomic mass is 9.88. The van der Waals surface area contributed by atoms with Gasteiger partial charge in [0.05, 0.1) is 17.1 Å². The summed E-state index contributed by atoms with van der Waals surface area (Å²) in [7, 11) is -3.60. The van der Waals surface area contributed by atoms with Crippen LogP contribution in [0.2, 0.25) is 0 Å². The van der Waals surface area contributed by atoms with E-state index in [4.69, 9.17) is 4.74 Å². The summed E-state index contributed by atoms with van der Waals surface area (Å²) < 4.78 is 33.5. The third kappa shape index (κ3) is 5.20. The molecule has 0 aromatic heterocycles. The molecule has 32 heavy (non-hydrogen) atoms. The van der Waals surface area contributed by atoms with Gasteiger partial charge in [-0.2, -0.15) is 4.31 Å². The Bertz CT molecular complexity index is 846. The lowest BCUT2D eigenvalue weighted by Gasteiger charge is -2.42. The lowest BCUT2D eigenvalue weighted by molar-refractivity contribution is -0.0440. The predicted molar refractivity (Wildman–Crippen MR) is 125 cm³/mol. The van der Waals surface area contributed by atoms with Crippen molar-refractivity contribution in [1.82, 2.24) is 9.21 Å². The van der Waals surface area contributed by atoms with Crippen molar-refractivity contribution in [1.29, 1.82) is 0 Å². The third-order valence-electron chi connectivity index (χ3n) is 7.30. The highest BCUT2D eigenvalue weighted by Gasteiger charge is 2.34. The number of carbonyl (C=O) groups excluding carboxylic acids is 1. The Labute approximate surface area is 193 Å². The zero-order valence-corrected chi connectivity index (χ0v) is 20.4. The molecule has 0 radical (unpaired) electrons. The molecule has 1 amide bonds. The van der Waals surface area contributed by atoms with Crippen molar-refractivity contribution in [3.8, 4) is 0 Å². The normalized spacial score (nSPS) is 26.7. The molecule has 6 nitrogen and oxygen atoms in total. The van der Waals surface area contributed by atoms with Crippen LogP contribution < -0.4 is 0 Å². The molecule has 7 heteroatoms. The van der Waals surface area contributed by atoms with Gasteiger partial charge in [-0.3, -0.25) is 4.79 Å². The number of morpholine rings is 1.